The molecule has 0 radical (unpaired) electrons. The topological polar surface area (TPSA) is 3.24 Å². The van der Waals surface area contributed by atoms with Crippen molar-refractivity contribution >= 4 is 10.2 Å². The van der Waals surface area contributed by atoms with Crippen LogP contribution in [0.1, 0.15) is 11.1 Å². The molecule has 0 heterocycles. The summed E-state index contributed by atoms with van der Waals surface area (Å²) in [6.45, 7) is 2.11. The van der Waals surface area contributed by atoms with E-state index in [1.54, 1.807) is 0 Å². The lowest BCUT2D eigenvalue weighted by Crippen LogP contribution is -2.24. The fraction of sp³-hybridized carbons (Fsp3) is 0.200. The van der Waals surface area contributed by atoms with Crippen molar-refractivity contribution < 1.29 is 0 Å². The van der Waals surface area contributed by atoms with Crippen LogP contribution in [-0.2, 0) is 13.1 Å². The van der Waals surface area contributed by atoms with Crippen LogP contribution in [0.2, 0.25) is 0 Å². The van der Waals surface area contributed by atoms with E-state index in [0.29, 0.717) is 0 Å². The third-order valence-corrected chi connectivity index (χ3v) is 3.84. The van der Waals surface area contributed by atoms with Gasteiger partial charge in [0.1, 0.15) is 0 Å². The Balaban J connectivity index is 1.98. The molecule has 88 valence electrons. The molecule has 0 saturated heterocycles. The third kappa shape index (κ3) is 3.84. The smallest absolute Gasteiger partial charge is 0.0233 e. The third-order valence-electron chi connectivity index (χ3n) is 2.95. The first kappa shape index (κ1) is 12.1. The van der Waals surface area contributed by atoms with Crippen molar-refractivity contribution in [3.8, 4) is 0 Å². The molecule has 0 atom stereocenters. The van der Waals surface area contributed by atoms with E-state index in [1.807, 2.05) is 0 Å². The van der Waals surface area contributed by atoms with Gasteiger partial charge in [0.05, 0.1) is 0 Å². The molecule has 2 aromatic carbocycles. The molecule has 2 heteroatoms. The second kappa shape index (κ2) is 6.38. The Morgan fingerprint density at radius 3 is 1.47 bits per heavy atom. The predicted molar refractivity (Wildman–Crippen MR) is 76.9 cm³/mol. The molecule has 2 rings (SSSR count). The van der Waals surface area contributed by atoms with Crippen molar-refractivity contribution in [2.24, 2.45) is 0 Å². The zero-order valence-electron chi connectivity index (χ0n) is 10.3. The number of hydrogen-bond donors (Lipinski definition) is 0. The predicted octanol–water partition coefficient (Wildman–Crippen LogP) is 2.01. The zero-order valence-corrected chi connectivity index (χ0v) is 12.3. The van der Waals surface area contributed by atoms with Crippen LogP contribution >= 0.6 is 0 Å². The Morgan fingerprint density at radius 1 is 0.706 bits per heavy atom. The van der Waals surface area contributed by atoms with E-state index in [1.165, 1.54) is 27.5 Å². The van der Waals surface area contributed by atoms with Crippen molar-refractivity contribution in [1.82, 2.24) is 4.90 Å². The summed E-state index contributed by atoms with van der Waals surface area (Å²) >= 11 is 0. The number of benzene rings is 2. The maximum absolute atomic E-state index is 2.51. The molecule has 0 aliphatic carbocycles. The lowest BCUT2D eigenvalue weighted by Gasteiger charge is -2.20. The summed E-state index contributed by atoms with van der Waals surface area (Å²) in [4.78, 5) is 2.51. The molecule has 1 nitrogen and oxygen atoms in total. The fourth-order valence-corrected chi connectivity index (χ4v) is 2.41. The normalized spacial score (nSPS) is 10.9. The first-order chi connectivity index (χ1) is 8.38. The van der Waals surface area contributed by atoms with Crippen LogP contribution in [0.5, 0.6) is 0 Å². The van der Waals surface area contributed by atoms with Gasteiger partial charge in [-0.1, -0.05) is 60.7 Å². The summed E-state index contributed by atoms with van der Waals surface area (Å²) in [5, 5.41) is 0. The minimum atomic E-state index is 1.05. The first-order valence-corrected chi connectivity index (χ1v) is 7.60. The molecule has 0 spiro atoms. The second-order valence-corrected chi connectivity index (χ2v) is 4.91. The van der Waals surface area contributed by atoms with E-state index in [-0.39, 0.29) is 0 Å². The van der Waals surface area contributed by atoms with Crippen molar-refractivity contribution in [3.05, 3.63) is 71.8 Å². The van der Waals surface area contributed by atoms with E-state index < -0.39 is 0 Å². The van der Waals surface area contributed by atoms with Crippen molar-refractivity contribution in [1.29, 1.82) is 0 Å². The molecule has 0 amide bonds. The van der Waals surface area contributed by atoms with Crippen LogP contribution in [0.3, 0.4) is 0 Å². The maximum Gasteiger partial charge on any atom is 0.0233 e. The number of rotatable bonds is 5. The van der Waals surface area contributed by atoms with Crippen LogP contribution in [0.15, 0.2) is 60.7 Å². The highest BCUT2D eigenvalue weighted by Gasteiger charge is 2.03. The molecule has 17 heavy (non-hydrogen) atoms. The molecule has 0 bridgehead atoms. The van der Waals surface area contributed by atoms with Gasteiger partial charge >= 0.3 is 0 Å². The van der Waals surface area contributed by atoms with Gasteiger partial charge in [-0.2, -0.15) is 0 Å². The summed E-state index contributed by atoms with van der Waals surface area (Å²) < 4.78 is 0. The number of hydrogen-bond acceptors (Lipinski definition) is 1. The number of nitrogens with zero attached hydrogens (tertiary/aromatic N) is 1. The SMILES string of the molecule is [SiH3]CN(Cc1ccccc1)Cc1ccccc1. The molecule has 0 saturated carbocycles. The van der Waals surface area contributed by atoms with E-state index in [9.17, 15) is 0 Å². The highest BCUT2D eigenvalue weighted by molar-refractivity contribution is 6.08. The van der Waals surface area contributed by atoms with Crippen molar-refractivity contribution in [2.75, 3.05) is 6.17 Å². The molecule has 0 unspecified atom stereocenters. The largest absolute Gasteiger partial charge is 0.299 e. The lowest BCUT2D eigenvalue weighted by atomic mass is 10.2. The Kier molecular flexibility index (Phi) is 4.53. The first-order valence-electron chi connectivity index (χ1n) is 6.18. The minimum absolute atomic E-state index is 1.05. The highest BCUT2D eigenvalue weighted by atomic mass is 28.1. The molecule has 0 N–H and O–H groups in total. The quantitative estimate of drug-likeness (QED) is 0.724. The van der Waals surface area contributed by atoms with Gasteiger partial charge in [-0.05, 0) is 17.3 Å². The molecule has 0 aliphatic rings. The van der Waals surface area contributed by atoms with Gasteiger partial charge in [-0.15, -0.1) is 0 Å². The summed E-state index contributed by atoms with van der Waals surface area (Å²) in [5.41, 5.74) is 2.80. The fourth-order valence-electron chi connectivity index (χ4n) is 1.96. The molecule has 0 fully saturated rings. The van der Waals surface area contributed by atoms with Gasteiger partial charge in [0.25, 0.3) is 0 Å². The van der Waals surface area contributed by atoms with Crippen LogP contribution in [-0.4, -0.2) is 21.3 Å². The summed E-state index contributed by atoms with van der Waals surface area (Å²) in [7, 11) is 1.22. The Morgan fingerprint density at radius 2 is 1.12 bits per heavy atom. The van der Waals surface area contributed by atoms with Gasteiger partial charge in [0.2, 0.25) is 0 Å². The van der Waals surface area contributed by atoms with Gasteiger partial charge < -0.3 is 0 Å². The Labute approximate surface area is 107 Å². The van der Waals surface area contributed by atoms with Crippen LogP contribution < -0.4 is 0 Å². The Hall–Kier alpha value is -1.38. The summed E-state index contributed by atoms with van der Waals surface area (Å²) in [5.74, 6) is 0. The maximum atomic E-state index is 2.51. The standard InChI is InChI=1S/C15H19NSi/c17-13-16(11-14-7-3-1-4-8-14)12-15-9-5-2-6-10-15/h1-10H,11-13H2,17H3. The molecule has 0 aromatic heterocycles. The van der Waals surface area contributed by atoms with Gasteiger partial charge in [0, 0.05) is 23.3 Å². The van der Waals surface area contributed by atoms with E-state index >= 15 is 0 Å². The van der Waals surface area contributed by atoms with Crippen LogP contribution in [0, 0.1) is 0 Å². The molecule has 2 aromatic rings. The molecular formula is C15H19NSi. The lowest BCUT2D eigenvalue weighted by molar-refractivity contribution is 0.301. The van der Waals surface area contributed by atoms with E-state index in [0.717, 1.165) is 13.1 Å². The van der Waals surface area contributed by atoms with Crippen molar-refractivity contribution in [2.45, 2.75) is 13.1 Å². The average molecular weight is 241 g/mol. The minimum Gasteiger partial charge on any atom is -0.299 e. The molecular weight excluding hydrogens is 222 g/mol. The summed E-state index contributed by atoms with van der Waals surface area (Å²) in [6, 6.07) is 21.4. The zero-order chi connectivity index (χ0) is 11.9. The van der Waals surface area contributed by atoms with Gasteiger partial charge in [-0.3, -0.25) is 4.90 Å². The van der Waals surface area contributed by atoms with E-state index in [2.05, 4.69) is 65.6 Å². The van der Waals surface area contributed by atoms with E-state index in [4.69, 9.17) is 0 Å². The van der Waals surface area contributed by atoms with Crippen LogP contribution in [0.4, 0.5) is 0 Å². The average Bonchev–Trinajstić information content (AvgIpc) is 2.40. The molecule has 0 aliphatic heterocycles. The van der Waals surface area contributed by atoms with Gasteiger partial charge in [-0.25, -0.2) is 0 Å². The Bertz CT molecular complexity index is 386. The van der Waals surface area contributed by atoms with Crippen LogP contribution in [0.25, 0.3) is 0 Å². The highest BCUT2D eigenvalue weighted by Crippen LogP contribution is 2.08. The van der Waals surface area contributed by atoms with Crippen molar-refractivity contribution in [3.63, 3.8) is 0 Å². The second-order valence-electron chi connectivity index (χ2n) is 4.27. The summed E-state index contributed by atoms with van der Waals surface area (Å²) in [6.07, 6.45) is 1.21. The monoisotopic (exact) mass is 241 g/mol. The van der Waals surface area contributed by atoms with Gasteiger partial charge in [0.15, 0.2) is 0 Å².